The molecule has 2 amide bonds. The summed E-state index contributed by atoms with van der Waals surface area (Å²) in [6.45, 7) is 0.907. The predicted molar refractivity (Wildman–Crippen MR) is 109 cm³/mol. The molecule has 0 aromatic heterocycles. The monoisotopic (exact) mass is 362 g/mol. The van der Waals surface area contributed by atoms with Crippen LogP contribution in [0.2, 0.25) is 0 Å². The lowest BCUT2D eigenvalue weighted by molar-refractivity contribution is -0.125. The molecule has 0 unspecified atom stereocenters. The second kappa shape index (κ2) is 9.72. The third kappa shape index (κ3) is 5.81. The average Bonchev–Trinajstić information content (AvgIpc) is 3.25. The van der Waals surface area contributed by atoms with Crippen LogP contribution in [0.1, 0.15) is 31.2 Å². The number of benzene rings is 2. The predicted octanol–water partition coefficient (Wildman–Crippen LogP) is 3.79. The summed E-state index contributed by atoms with van der Waals surface area (Å²) in [7, 11) is 0. The number of hydrogen-bond donors (Lipinski definition) is 2. The Morgan fingerprint density at radius 2 is 1.59 bits per heavy atom. The molecule has 1 aliphatic rings. The fourth-order valence-electron chi connectivity index (χ4n) is 3.39. The van der Waals surface area contributed by atoms with Gasteiger partial charge in [-0.15, -0.1) is 0 Å². The molecule has 0 bridgehead atoms. The summed E-state index contributed by atoms with van der Waals surface area (Å²) < 4.78 is 0. The molecule has 27 heavy (non-hydrogen) atoms. The van der Waals surface area contributed by atoms with Crippen LogP contribution in [-0.4, -0.2) is 24.9 Å². The van der Waals surface area contributed by atoms with Gasteiger partial charge < -0.3 is 10.6 Å². The molecule has 1 aliphatic carbocycles. The van der Waals surface area contributed by atoms with E-state index in [-0.39, 0.29) is 17.7 Å². The highest BCUT2D eigenvalue weighted by atomic mass is 16.2. The van der Waals surface area contributed by atoms with Crippen molar-refractivity contribution in [3.05, 3.63) is 66.2 Å². The minimum absolute atomic E-state index is 0.120. The van der Waals surface area contributed by atoms with Crippen molar-refractivity contribution in [3.8, 4) is 11.1 Å². The molecule has 140 valence electrons. The van der Waals surface area contributed by atoms with Crippen LogP contribution in [0, 0.1) is 5.92 Å². The van der Waals surface area contributed by atoms with Crippen molar-refractivity contribution in [3.63, 3.8) is 0 Å². The number of carbonyl (C=O) groups excluding carboxylic acids is 2. The van der Waals surface area contributed by atoms with Gasteiger partial charge in [-0.2, -0.15) is 0 Å². The Hall–Kier alpha value is -2.88. The number of carbonyl (C=O) groups is 2. The van der Waals surface area contributed by atoms with Crippen molar-refractivity contribution in [1.29, 1.82) is 0 Å². The van der Waals surface area contributed by atoms with Crippen LogP contribution in [-0.2, 0) is 9.59 Å². The first kappa shape index (κ1) is 18.9. The second-order valence-electron chi connectivity index (χ2n) is 6.89. The molecule has 4 heteroatoms. The maximum absolute atomic E-state index is 12.0. The molecule has 4 nitrogen and oxygen atoms in total. The smallest absolute Gasteiger partial charge is 0.244 e. The molecule has 3 rings (SSSR count). The van der Waals surface area contributed by atoms with E-state index >= 15 is 0 Å². The van der Waals surface area contributed by atoms with Crippen molar-refractivity contribution < 1.29 is 9.59 Å². The summed E-state index contributed by atoms with van der Waals surface area (Å²) in [4.78, 5) is 23.9. The number of rotatable bonds is 7. The van der Waals surface area contributed by atoms with Crippen LogP contribution in [0.3, 0.4) is 0 Å². The molecule has 1 saturated carbocycles. The zero-order chi connectivity index (χ0) is 18.9. The maximum Gasteiger partial charge on any atom is 0.244 e. The molecule has 0 atom stereocenters. The third-order valence-corrected chi connectivity index (χ3v) is 4.87. The van der Waals surface area contributed by atoms with Gasteiger partial charge in [0.1, 0.15) is 0 Å². The molecule has 0 spiro atoms. The summed E-state index contributed by atoms with van der Waals surface area (Å²) in [6, 6.07) is 18.2. The van der Waals surface area contributed by atoms with E-state index in [1.54, 1.807) is 6.08 Å². The molecule has 2 aromatic carbocycles. The van der Waals surface area contributed by atoms with Crippen LogP contribution in [0.5, 0.6) is 0 Å². The van der Waals surface area contributed by atoms with Gasteiger partial charge in [-0.05, 0) is 41.7 Å². The quantitative estimate of drug-likeness (QED) is 0.582. The fraction of sp³-hybridized carbons (Fsp3) is 0.304. The highest BCUT2D eigenvalue weighted by molar-refractivity contribution is 5.92. The first-order valence-electron chi connectivity index (χ1n) is 9.61. The zero-order valence-electron chi connectivity index (χ0n) is 15.5. The van der Waals surface area contributed by atoms with Crippen LogP contribution in [0.15, 0.2) is 60.7 Å². The maximum atomic E-state index is 12.0. The Morgan fingerprint density at radius 1 is 0.889 bits per heavy atom. The second-order valence-corrected chi connectivity index (χ2v) is 6.89. The van der Waals surface area contributed by atoms with E-state index in [4.69, 9.17) is 0 Å². The first-order valence-corrected chi connectivity index (χ1v) is 9.61. The Kier molecular flexibility index (Phi) is 6.80. The van der Waals surface area contributed by atoms with Crippen LogP contribution in [0.25, 0.3) is 17.2 Å². The van der Waals surface area contributed by atoms with Crippen molar-refractivity contribution >= 4 is 17.9 Å². The molecule has 0 saturated heterocycles. The SMILES string of the molecule is O=C(/C=C/c1cccc(-c2ccccc2)c1)NCCNC(=O)C1CCCC1. The van der Waals surface area contributed by atoms with Crippen molar-refractivity contribution in [2.24, 2.45) is 5.92 Å². The molecule has 0 radical (unpaired) electrons. The van der Waals surface area contributed by atoms with Crippen molar-refractivity contribution in [2.75, 3.05) is 13.1 Å². The lowest BCUT2D eigenvalue weighted by Crippen LogP contribution is -2.36. The molecule has 2 N–H and O–H groups in total. The Balaban J connectivity index is 1.44. The minimum atomic E-state index is -0.157. The third-order valence-electron chi connectivity index (χ3n) is 4.87. The van der Waals surface area contributed by atoms with E-state index in [9.17, 15) is 9.59 Å². The van der Waals surface area contributed by atoms with Gasteiger partial charge in [0.2, 0.25) is 11.8 Å². The van der Waals surface area contributed by atoms with Gasteiger partial charge in [0, 0.05) is 25.1 Å². The minimum Gasteiger partial charge on any atom is -0.354 e. The summed E-state index contributed by atoms with van der Waals surface area (Å²) in [5.41, 5.74) is 3.24. The van der Waals surface area contributed by atoms with E-state index in [0.717, 1.165) is 42.4 Å². The van der Waals surface area contributed by atoms with Crippen molar-refractivity contribution in [1.82, 2.24) is 10.6 Å². The van der Waals surface area contributed by atoms with Gasteiger partial charge in [0.25, 0.3) is 0 Å². The van der Waals surface area contributed by atoms with E-state index in [1.807, 2.05) is 30.3 Å². The lowest BCUT2D eigenvalue weighted by atomic mass is 10.0. The van der Waals surface area contributed by atoms with Crippen LogP contribution < -0.4 is 10.6 Å². The van der Waals surface area contributed by atoms with E-state index in [2.05, 4.69) is 34.9 Å². The van der Waals surface area contributed by atoms with Gasteiger partial charge in [0.15, 0.2) is 0 Å². The zero-order valence-corrected chi connectivity index (χ0v) is 15.5. The summed E-state index contributed by atoms with van der Waals surface area (Å²) >= 11 is 0. The largest absolute Gasteiger partial charge is 0.354 e. The fourth-order valence-corrected chi connectivity index (χ4v) is 3.39. The number of hydrogen-bond acceptors (Lipinski definition) is 2. The standard InChI is InChI=1S/C23H26N2O2/c26-22(24-15-16-25-23(27)20-10-4-5-11-20)14-13-18-7-6-12-21(17-18)19-8-2-1-3-9-19/h1-3,6-9,12-14,17,20H,4-5,10-11,15-16H2,(H,24,26)(H,25,27)/b14-13+. The molecular weight excluding hydrogens is 336 g/mol. The Labute approximate surface area is 160 Å². The summed E-state index contributed by atoms with van der Waals surface area (Å²) in [5, 5.41) is 5.71. The molecule has 0 heterocycles. The van der Waals surface area contributed by atoms with Crippen LogP contribution in [0.4, 0.5) is 0 Å². The highest BCUT2D eigenvalue weighted by Gasteiger charge is 2.21. The average molecular weight is 362 g/mol. The first-order chi connectivity index (χ1) is 13.2. The number of amides is 2. The van der Waals surface area contributed by atoms with Gasteiger partial charge in [-0.1, -0.05) is 61.4 Å². The van der Waals surface area contributed by atoms with Gasteiger partial charge in [-0.3, -0.25) is 9.59 Å². The van der Waals surface area contributed by atoms with E-state index in [1.165, 1.54) is 6.08 Å². The topological polar surface area (TPSA) is 58.2 Å². The van der Waals surface area contributed by atoms with Crippen molar-refractivity contribution in [2.45, 2.75) is 25.7 Å². The van der Waals surface area contributed by atoms with Gasteiger partial charge in [0.05, 0.1) is 0 Å². The normalized spacial score (nSPS) is 14.4. The van der Waals surface area contributed by atoms with Crippen LogP contribution >= 0.6 is 0 Å². The van der Waals surface area contributed by atoms with E-state index < -0.39 is 0 Å². The Morgan fingerprint density at radius 3 is 2.37 bits per heavy atom. The summed E-state index contributed by atoms with van der Waals surface area (Å²) in [5.74, 6) is 0.128. The molecular formula is C23H26N2O2. The lowest BCUT2D eigenvalue weighted by Gasteiger charge is -2.10. The summed E-state index contributed by atoms with van der Waals surface area (Å²) in [6.07, 6.45) is 7.60. The molecule has 1 fully saturated rings. The molecule has 2 aromatic rings. The number of nitrogens with one attached hydrogen (secondary N) is 2. The highest BCUT2D eigenvalue weighted by Crippen LogP contribution is 2.24. The van der Waals surface area contributed by atoms with Gasteiger partial charge in [-0.25, -0.2) is 0 Å². The van der Waals surface area contributed by atoms with E-state index in [0.29, 0.717) is 13.1 Å². The Bertz CT molecular complexity index is 793. The van der Waals surface area contributed by atoms with Gasteiger partial charge >= 0.3 is 0 Å². The molecule has 0 aliphatic heterocycles.